The van der Waals surface area contributed by atoms with Gasteiger partial charge in [-0.15, -0.1) is 0 Å². The lowest BCUT2D eigenvalue weighted by Crippen LogP contribution is -1.90. The zero-order valence-electron chi connectivity index (χ0n) is 11.9. The van der Waals surface area contributed by atoms with Crippen molar-refractivity contribution in [3.05, 3.63) is 35.5 Å². The van der Waals surface area contributed by atoms with Crippen LogP contribution < -0.4 is 9.47 Å². The Hall–Kier alpha value is -2.30. The highest BCUT2D eigenvalue weighted by Crippen LogP contribution is 2.28. The van der Waals surface area contributed by atoms with Crippen molar-refractivity contribution in [2.45, 2.75) is 19.8 Å². The molecule has 1 aromatic carbocycles. The first-order valence-electron chi connectivity index (χ1n) is 6.49. The Morgan fingerprint density at radius 1 is 1.15 bits per heavy atom. The van der Waals surface area contributed by atoms with Gasteiger partial charge in [-0.05, 0) is 30.2 Å². The zero-order chi connectivity index (χ0) is 14.4. The molecule has 0 aliphatic rings. The number of hydrogen-bond donors (Lipinski definition) is 0. The van der Waals surface area contributed by atoms with Crippen LogP contribution in [0.4, 0.5) is 0 Å². The van der Waals surface area contributed by atoms with E-state index in [1.165, 1.54) is 0 Å². The molecule has 0 amide bonds. The molecule has 106 valence electrons. The normalized spacial score (nSPS) is 10.9. The number of hydrogen-bond acceptors (Lipinski definition) is 5. The Labute approximate surface area is 118 Å². The van der Waals surface area contributed by atoms with E-state index in [2.05, 4.69) is 17.1 Å². The minimum atomic E-state index is 0.503. The average Bonchev–Trinajstić information content (AvgIpc) is 2.93. The Bertz CT molecular complexity index is 591. The maximum Gasteiger partial charge on any atom is 0.250 e. The van der Waals surface area contributed by atoms with Crippen LogP contribution in [0.1, 0.15) is 30.6 Å². The summed E-state index contributed by atoms with van der Waals surface area (Å²) in [6, 6.07) is 5.68. The molecule has 20 heavy (non-hydrogen) atoms. The van der Waals surface area contributed by atoms with Gasteiger partial charge in [0.15, 0.2) is 17.3 Å². The lowest BCUT2D eigenvalue weighted by atomic mass is 10.2. The van der Waals surface area contributed by atoms with E-state index in [4.69, 9.17) is 14.0 Å². The van der Waals surface area contributed by atoms with E-state index < -0.39 is 0 Å². The second kappa shape index (κ2) is 6.75. The van der Waals surface area contributed by atoms with Gasteiger partial charge in [0.05, 0.1) is 14.2 Å². The van der Waals surface area contributed by atoms with Crippen LogP contribution in [0.25, 0.3) is 12.2 Å². The molecule has 0 spiro atoms. The number of nitrogens with zero attached hydrogens (tertiary/aromatic N) is 2. The summed E-state index contributed by atoms with van der Waals surface area (Å²) >= 11 is 0. The van der Waals surface area contributed by atoms with Crippen LogP contribution in [0.5, 0.6) is 11.5 Å². The zero-order valence-corrected chi connectivity index (χ0v) is 11.9. The van der Waals surface area contributed by atoms with E-state index in [1.54, 1.807) is 20.3 Å². The first kappa shape index (κ1) is 14.1. The number of benzene rings is 1. The van der Waals surface area contributed by atoms with Crippen molar-refractivity contribution in [3.8, 4) is 11.5 Å². The summed E-state index contributed by atoms with van der Waals surface area (Å²) in [5, 5.41) is 3.90. The standard InChI is InChI=1S/C15H18N2O3/c1-4-5-14-16-15(20-17-14)9-7-11-6-8-12(18-2)13(10-11)19-3/h6-10H,4-5H2,1-3H3/b9-7+. The number of rotatable bonds is 6. The van der Waals surface area contributed by atoms with Gasteiger partial charge in [0.2, 0.25) is 0 Å². The highest BCUT2D eigenvalue weighted by molar-refractivity contribution is 5.67. The highest BCUT2D eigenvalue weighted by atomic mass is 16.5. The minimum Gasteiger partial charge on any atom is -0.493 e. The third kappa shape index (κ3) is 3.38. The van der Waals surface area contributed by atoms with Crippen LogP contribution in [0, 0.1) is 0 Å². The van der Waals surface area contributed by atoms with E-state index in [1.807, 2.05) is 24.3 Å². The SMILES string of the molecule is CCCc1noc(/C=C/c2ccc(OC)c(OC)c2)n1. The molecule has 0 aliphatic heterocycles. The summed E-state index contributed by atoms with van der Waals surface area (Å²) in [5.74, 6) is 2.63. The maximum absolute atomic E-state index is 5.25. The lowest BCUT2D eigenvalue weighted by molar-refractivity contribution is 0.355. The van der Waals surface area contributed by atoms with Crippen molar-refractivity contribution in [2.24, 2.45) is 0 Å². The Morgan fingerprint density at radius 2 is 1.95 bits per heavy atom. The van der Waals surface area contributed by atoms with Crippen LogP contribution in [0.3, 0.4) is 0 Å². The van der Waals surface area contributed by atoms with E-state index in [0.29, 0.717) is 17.4 Å². The molecule has 5 heteroatoms. The van der Waals surface area contributed by atoms with Crippen LogP contribution in [0.2, 0.25) is 0 Å². The summed E-state index contributed by atoms with van der Waals surface area (Å²) < 4.78 is 15.6. The fraction of sp³-hybridized carbons (Fsp3) is 0.333. The Morgan fingerprint density at radius 3 is 2.65 bits per heavy atom. The van der Waals surface area contributed by atoms with Crippen LogP contribution in [0.15, 0.2) is 22.7 Å². The largest absolute Gasteiger partial charge is 0.493 e. The number of methoxy groups -OCH3 is 2. The van der Waals surface area contributed by atoms with Gasteiger partial charge in [0.1, 0.15) is 0 Å². The van der Waals surface area contributed by atoms with E-state index in [9.17, 15) is 0 Å². The fourth-order valence-electron chi connectivity index (χ4n) is 1.78. The highest BCUT2D eigenvalue weighted by Gasteiger charge is 2.04. The molecular weight excluding hydrogens is 256 g/mol. The van der Waals surface area contributed by atoms with Crippen LogP contribution >= 0.6 is 0 Å². The summed E-state index contributed by atoms with van der Waals surface area (Å²) in [4.78, 5) is 4.27. The van der Waals surface area contributed by atoms with Gasteiger partial charge in [0.25, 0.3) is 5.89 Å². The number of ether oxygens (including phenoxy) is 2. The molecule has 0 fully saturated rings. The Balaban J connectivity index is 2.13. The van der Waals surface area contributed by atoms with Gasteiger partial charge in [-0.1, -0.05) is 18.1 Å². The fourth-order valence-corrected chi connectivity index (χ4v) is 1.78. The number of aryl methyl sites for hydroxylation is 1. The molecule has 1 aromatic heterocycles. The average molecular weight is 274 g/mol. The minimum absolute atomic E-state index is 0.503. The van der Waals surface area contributed by atoms with Gasteiger partial charge in [-0.25, -0.2) is 0 Å². The van der Waals surface area contributed by atoms with Crippen molar-refractivity contribution < 1.29 is 14.0 Å². The molecule has 0 aliphatic carbocycles. The Kier molecular flexibility index (Phi) is 4.76. The molecule has 0 saturated carbocycles. The lowest BCUT2D eigenvalue weighted by Gasteiger charge is -2.07. The first-order chi connectivity index (χ1) is 9.76. The molecule has 2 rings (SSSR count). The summed E-state index contributed by atoms with van der Waals surface area (Å²) in [6.45, 7) is 2.08. The van der Waals surface area contributed by atoms with Crippen molar-refractivity contribution in [1.29, 1.82) is 0 Å². The van der Waals surface area contributed by atoms with Crippen LogP contribution in [-0.2, 0) is 6.42 Å². The van der Waals surface area contributed by atoms with Gasteiger partial charge in [-0.3, -0.25) is 0 Å². The third-order valence-corrected chi connectivity index (χ3v) is 2.78. The van der Waals surface area contributed by atoms with E-state index >= 15 is 0 Å². The first-order valence-corrected chi connectivity index (χ1v) is 6.49. The molecule has 0 N–H and O–H groups in total. The van der Waals surface area contributed by atoms with Gasteiger partial charge >= 0.3 is 0 Å². The molecule has 0 bridgehead atoms. The van der Waals surface area contributed by atoms with Crippen molar-refractivity contribution in [3.63, 3.8) is 0 Å². The summed E-state index contributed by atoms with van der Waals surface area (Å²) in [7, 11) is 3.22. The third-order valence-electron chi connectivity index (χ3n) is 2.78. The maximum atomic E-state index is 5.25. The van der Waals surface area contributed by atoms with Crippen molar-refractivity contribution in [2.75, 3.05) is 14.2 Å². The molecular formula is C15H18N2O3. The second-order valence-electron chi connectivity index (χ2n) is 4.25. The molecule has 0 unspecified atom stereocenters. The van der Waals surface area contributed by atoms with Crippen LogP contribution in [-0.4, -0.2) is 24.4 Å². The topological polar surface area (TPSA) is 57.4 Å². The predicted molar refractivity (Wildman–Crippen MR) is 76.8 cm³/mol. The molecule has 2 aromatic rings. The van der Waals surface area contributed by atoms with Crippen molar-refractivity contribution in [1.82, 2.24) is 10.1 Å². The molecule has 0 atom stereocenters. The second-order valence-corrected chi connectivity index (χ2v) is 4.25. The molecule has 5 nitrogen and oxygen atoms in total. The molecule has 0 saturated heterocycles. The quantitative estimate of drug-likeness (QED) is 0.809. The monoisotopic (exact) mass is 274 g/mol. The summed E-state index contributed by atoms with van der Waals surface area (Å²) in [5.41, 5.74) is 0.970. The van der Waals surface area contributed by atoms with Gasteiger partial charge < -0.3 is 14.0 Å². The smallest absolute Gasteiger partial charge is 0.250 e. The summed E-state index contributed by atoms with van der Waals surface area (Å²) in [6.07, 6.45) is 5.50. The van der Waals surface area contributed by atoms with Crippen molar-refractivity contribution >= 4 is 12.2 Å². The number of aromatic nitrogens is 2. The molecule has 0 radical (unpaired) electrons. The predicted octanol–water partition coefficient (Wildman–Crippen LogP) is 3.21. The van der Waals surface area contributed by atoms with Gasteiger partial charge in [0, 0.05) is 12.5 Å². The molecule has 1 heterocycles. The van der Waals surface area contributed by atoms with E-state index in [0.717, 1.165) is 24.2 Å². The van der Waals surface area contributed by atoms with Gasteiger partial charge in [-0.2, -0.15) is 4.98 Å². The van der Waals surface area contributed by atoms with E-state index in [-0.39, 0.29) is 0 Å².